The summed E-state index contributed by atoms with van der Waals surface area (Å²) in [7, 11) is 0. The summed E-state index contributed by atoms with van der Waals surface area (Å²) in [5.74, 6) is -2.50. The average Bonchev–Trinajstić information content (AvgIpc) is 2.44. The lowest BCUT2D eigenvalue weighted by atomic mass is 9.78. The maximum Gasteiger partial charge on any atom is 0.392 e. The van der Waals surface area contributed by atoms with E-state index in [1.807, 2.05) is 0 Å². The minimum atomic E-state index is -4.27. The van der Waals surface area contributed by atoms with Crippen LogP contribution >= 0.6 is 11.6 Å². The van der Waals surface area contributed by atoms with Crippen LogP contribution in [0.4, 0.5) is 13.2 Å². The van der Waals surface area contributed by atoms with E-state index in [1.165, 1.54) is 0 Å². The third-order valence-corrected chi connectivity index (χ3v) is 5.20. The molecule has 2 aliphatic carbocycles. The normalized spacial score (nSPS) is 34.5. The molecule has 0 spiro atoms. The number of rotatable bonds is 3. The smallest absolute Gasteiger partial charge is 0.356 e. The van der Waals surface area contributed by atoms with Crippen LogP contribution in [0.2, 0.25) is 0 Å². The van der Waals surface area contributed by atoms with Crippen molar-refractivity contribution in [2.45, 2.75) is 62.9 Å². The van der Waals surface area contributed by atoms with E-state index in [2.05, 4.69) is 5.32 Å². The number of amides is 1. The SMILES string of the molecule is O=C(NCC1CCCC(Cl)C1)C1CCCCC1C(F)(F)F. The fraction of sp³-hybridized carbons (Fsp3) is 0.933. The molecule has 0 heterocycles. The summed E-state index contributed by atoms with van der Waals surface area (Å²) < 4.78 is 39.0. The van der Waals surface area contributed by atoms with Crippen molar-refractivity contribution in [2.75, 3.05) is 6.54 Å². The maximum absolute atomic E-state index is 13.0. The minimum Gasteiger partial charge on any atom is -0.356 e. The van der Waals surface area contributed by atoms with Crippen molar-refractivity contribution in [3.8, 4) is 0 Å². The molecule has 2 aliphatic rings. The highest BCUT2D eigenvalue weighted by Crippen LogP contribution is 2.41. The first kappa shape index (κ1) is 16.9. The summed E-state index contributed by atoms with van der Waals surface area (Å²) in [6.45, 7) is 0.461. The van der Waals surface area contributed by atoms with Gasteiger partial charge in [-0.25, -0.2) is 0 Å². The van der Waals surface area contributed by atoms with Crippen molar-refractivity contribution in [1.82, 2.24) is 5.32 Å². The van der Waals surface area contributed by atoms with Crippen LogP contribution in [0.3, 0.4) is 0 Å². The summed E-state index contributed by atoms with van der Waals surface area (Å²) >= 11 is 6.10. The third kappa shape index (κ3) is 4.76. The van der Waals surface area contributed by atoms with Crippen LogP contribution in [0.1, 0.15) is 51.4 Å². The molecule has 21 heavy (non-hydrogen) atoms. The van der Waals surface area contributed by atoms with Crippen LogP contribution in [-0.2, 0) is 4.79 Å². The lowest BCUT2D eigenvalue weighted by Gasteiger charge is -2.33. The second-order valence-electron chi connectivity index (χ2n) is 6.41. The standard InChI is InChI=1S/C15H23ClF3NO/c16-11-5-3-4-10(8-11)9-20-14(21)12-6-1-2-7-13(12)15(17,18)19/h10-13H,1-9H2,(H,20,21). The van der Waals surface area contributed by atoms with Crippen molar-refractivity contribution >= 4 is 17.5 Å². The Bertz CT molecular complexity index is 361. The van der Waals surface area contributed by atoms with Gasteiger partial charge in [-0.2, -0.15) is 13.2 Å². The van der Waals surface area contributed by atoms with Crippen molar-refractivity contribution in [1.29, 1.82) is 0 Å². The van der Waals surface area contributed by atoms with Gasteiger partial charge in [-0.3, -0.25) is 4.79 Å². The van der Waals surface area contributed by atoms with Crippen LogP contribution in [0.25, 0.3) is 0 Å². The van der Waals surface area contributed by atoms with Crippen molar-refractivity contribution in [3.05, 3.63) is 0 Å². The van der Waals surface area contributed by atoms with Gasteiger partial charge in [0.1, 0.15) is 0 Å². The van der Waals surface area contributed by atoms with Crippen molar-refractivity contribution < 1.29 is 18.0 Å². The van der Waals surface area contributed by atoms with E-state index >= 15 is 0 Å². The molecule has 4 unspecified atom stereocenters. The molecule has 0 bridgehead atoms. The number of halogens is 4. The molecule has 1 amide bonds. The maximum atomic E-state index is 13.0. The highest BCUT2D eigenvalue weighted by molar-refractivity contribution is 6.20. The van der Waals surface area contributed by atoms with Crippen LogP contribution < -0.4 is 5.32 Å². The van der Waals surface area contributed by atoms with Crippen molar-refractivity contribution in [2.24, 2.45) is 17.8 Å². The van der Waals surface area contributed by atoms with Gasteiger partial charge in [0.2, 0.25) is 5.91 Å². The number of alkyl halides is 4. The van der Waals surface area contributed by atoms with Gasteiger partial charge in [0.15, 0.2) is 0 Å². The molecule has 0 saturated heterocycles. The number of hydrogen-bond acceptors (Lipinski definition) is 1. The fourth-order valence-corrected chi connectivity index (χ4v) is 4.03. The minimum absolute atomic E-state index is 0.0781. The number of carbonyl (C=O) groups excluding carboxylic acids is 1. The first-order chi connectivity index (χ1) is 9.88. The molecule has 0 aromatic carbocycles. The van der Waals surface area contributed by atoms with E-state index in [4.69, 9.17) is 11.6 Å². The van der Waals surface area contributed by atoms with Gasteiger partial charge in [0.05, 0.1) is 5.92 Å². The first-order valence-electron chi connectivity index (χ1n) is 7.86. The second-order valence-corrected chi connectivity index (χ2v) is 7.03. The molecule has 1 N–H and O–H groups in total. The predicted octanol–water partition coefficient (Wildman–Crippen LogP) is 4.27. The number of hydrogen-bond donors (Lipinski definition) is 1. The zero-order chi connectivity index (χ0) is 15.5. The summed E-state index contributed by atoms with van der Waals surface area (Å²) in [4.78, 5) is 12.1. The molecule has 2 nitrogen and oxygen atoms in total. The van der Waals surface area contributed by atoms with Crippen LogP contribution in [0, 0.1) is 17.8 Å². The Hall–Kier alpha value is -0.450. The molecule has 0 aliphatic heterocycles. The topological polar surface area (TPSA) is 29.1 Å². The van der Waals surface area contributed by atoms with Crippen LogP contribution in [0.15, 0.2) is 0 Å². The summed E-state index contributed by atoms with van der Waals surface area (Å²) in [5.41, 5.74) is 0. The van der Waals surface area contributed by atoms with Gasteiger partial charge in [-0.1, -0.05) is 19.3 Å². The number of nitrogens with one attached hydrogen (secondary N) is 1. The lowest BCUT2D eigenvalue weighted by Crippen LogP contribution is -2.44. The van der Waals surface area contributed by atoms with E-state index in [0.29, 0.717) is 31.7 Å². The molecular formula is C15H23ClF3NO. The molecule has 0 radical (unpaired) electrons. The quantitative estimate of drug-likeness (QED) is 0.771. The Balaban J connectivity index is 1.86. The Kier molecular flexibility index (Phi) is 5.81. The predicted molar refractivity (Wildman–Crippen MR) is 76.1 cm³/mol. The molecule has 2 rings (SSSR count). The first-order valence-corrected chi connectivity index (χ1v) is 8.30. The Morgan fingerprint density at radius 2 is 1.81 bits per heavy atom. The molecule has 0 aromatic heterocycles. The van der Waals surface area contributed by atoms with Gasteiger partial charge >= 0.3 is 6.18 Å². The highest BCUT2D eigenvalue weighted by atomic mass is 35.5. The summed E-state index contributed by atoms with van der Waals surface area (Å²) in [6, 6.07) is 0. The molecule has 0 aromatic rings. The van der Waals surface area contributed by atoms with Crippen molar-refractivity contribution in [3.63, 3.8) is 0 Å². The molecule has 2 saturated carbocycles. The highest BCUT2D eigenvalue weighted by Gasteiger charge is 2.48. The van der Waals surface area contributed by atoms with Gasteiger partial charge in [0.25, 0.3) is 0 Å². The van der Waals surface area contributed by atoms with Gasteiger partial charge in [0, 0.05) is 17.8 Å². The van der Waals surface area contributed by atoms with E-state index < -0.39 is 23.9 Å². The zero-order valence-corrected chi connectivity index (χ0v) is 12.8. The van der Waals surface area contributed by atoms with E-state index in [9.17, 15) is 18.0 Å². The molecular weight excluding hydrogens is 303 g/mol. The average molecular weight is 326 g/mol. The molecule has 6 heteroatoms. The van der Waals surface area contributed by atoms with E-state index in [-0.39, 0.29) is 11.8 Å². The largest absolute Gasteiger partial charge is 0.392 e. The van der Waals surface area contributed by atoms with Gasteiger partial charge < -0.3 is 5.32 Å². The Labute approximate surface area is 128 Å². The van der Waals surface area contributed by atoms with Crippen LogP contribution in [-0.4, -0.2) is 24.0 Å². The van der Waals surface area contributed by atoms with Crippen LogP contribution in [0.5, 0.6) is 0 Å². The molecule has 2 fully saturated rings. The van der Waals surface area contributed by atoms with Gasteiger partial charge in [-0.05, 0) is 38.0 Å². The Morgan fingerprint density at radius 3 is 2.48 bits per heavy atom. The van der Waals surface area contributed by atoms with E-state index in [0.717, 1.165) is 25.7 Å². The Morgan fingerprint density at radius 1 is 1.10 bits per heavy atom. The number of carbonyl (C=O) groups is 1. The van der Waals surface area contributed by atoms with E-state index in [1.54, 1.807) is 0 Å². The second kappa shape index (κ2) is 7.21. The third-order valence-electron chi connectivity index (χ3n) is 4.81. The summed E-state index contributed by atoms with van der Waals surface area (Å²) in [6.07, 6.45) is 1.28. The lowest BCUT2D eigenvalue weighted by molar-refractivity contribution is -0.198. The summed E-state index contributed by atoms with van der Waals surface area (Å²) in [5, 5.41) is 2.88. The molecule has 122 valence electrons. The fourth-order valence-electron chi connectivity index (χ4n) is 3.62. The monoisotopic (exact) mass is 325 g/mol. The van der Waals surface area contributed by atoms with Gasteiger partial charge in [-0.15, -0.1) is 11.6 Å². The zero-order valence-electron chi connectivity index (χ0n) is 12.1. The molecule has 4 atom stereocenters.